The van der Waals surface area contributed by atoms with Crippen molar-refractivity contribution in [3.8, 4) is 11.6 Å². The molecule has 0 amide bonds. The Balaban J connectivity index is 2.35. The van der Waals surface area contributed by atoms with Crippen LogP contribution in [0.5, 0.6) is 5.88 Å². The Morgan fingerprint density at radius 2 is 2.00 bits per heavy atom. The molecule has 0 aliphatic heterocycles. The third kappa shape index (κ3) is 3.45. The van der Waals surface area contributed by atoms with Crippen molar-refractivity contribution in [2.24, 2.45) is 10.2 Å². The van der Waals surface area contributed by atoms with E-state index >= 15 is 0 Å². The predicted molar refractivity (Wildman–Crippen MR) is 83.1 cm³/mol. The lowest BCUT2D eigenvalue weighted by atomic mass is 10.3. The lowest BCUT2D eigenvalue weighted by Gasteiger charge is -2.01. The summed E-state index contributed by atoms with van der Waals surface area (Å²) in [5, 5.41) is 22.7. The van der Waals surface area contributed by atoms with Crippen LogP contribution in [0.4, 0.5) is 5.69 Å². The summed E-state index contributed by atoms with van der Waals surface area (Å²) in [7, 11) is 0. The summed E-state index contributed by atoms with van der Waals surface area (Å²) < 4.78 is 1.45. The third-order valence-corrected chi connectivity index (χ3v) is 2.84. The van der Waals surface area contributed by atoms with Gasteiger partial charge in [0.15, 0.2) is 5.69 Å². The van der Waals surface area contributed by atoms with Gasteiger partial charge < -0.3 is 5.11 Å². The highest BCUT2D eigenvalue weighted by Crippen LogP contribution is 2.32. The monoisotopic (exact) mass is 282 g/mol. The van der Waals surface area contributed by atoms with Gasteiger partial charge in [0, 0.05) is 0 Å². The Morgan fingerprint density at radius 3 is 2.67 bits per heavy atom. The van der Waals surface area contributed by atoms with Gasteiger partial charge in [0.2, 0.25) is 5.88 Å². The van der Waals surface area contributed by atoms with Gasteiger partial charge in [-0.2, -0.15) is 14.9 Å². The lowest BCUT2D eigenvalue weighted by Crippen LogP contribution is -1.94. The number of benzene rings is 1. The number of rotatable bonds is 4. The molecule has 1 heterocycles. The predicted octanol–water partition coefficient (Wildman–Crippen LogP) is 4.45. The van der Waals surface area contributed by atoms with Gasteiger partial charge in [0.05, 0.1) is 17.1 Å². The van der Waals surface area contributed by atoms with Crippen LogP contribution in [-0.4, -0.2) is 14.9 Å². The fraction of sp³-hybridized carbons (Fsp3) is 0.188. The summed E-state index contributed by atoms with van der Waals surface area (Å²) in [6.45, 7) is 5.57. The molecule has 0 aliphatic rings. The van der Waals surface area contributed by atoms with E-state index in [4.69, 9.17) is 0 Å². The molecule has 0 radical (unpaired) electrons. The minimum atomic E-state index is -0.0127. The molecule has 5 heteroatoms. The molecule has 0 unspecified atom stereocenters. The van der Waals surface area contributed by atoms with E-state index in [0.29, 0.717) is 11.4 Å². The molecule has 108 valence electrons. The van der Waals surface area contributed by atoms with Crippen molar-refractivity contribution < 1.29 is 5.11 Å². The van der Waals surface area contributed by atoms with E-state index in [0.717, 1.165) is 11.4 Å². The summed E-state index contributed by atoms with van der Waals surface area (Å²) in [4.78, 5) is 0. The highest BCUT2D eigenvalue weighted by molar-refractivity contribution is 5.54. The highest BCUT2D eigenvalue weighted by Gasteiger charge is 2.15. The fourth-order valence-electron chi connectivity index (χ4n) is 1.77. The van der Waals surface area contributed by atoms with Crippen molar-refractivity contribution in [3.63, 3.8) is 0 Å². The van der Waals surface area contributed by atoms with E-state index in [1.54, 1.807) is 6.92 Å². The van der Waals surface area contributed by atoms with Gasteiger partial charge in [-0.3, -0.25) is 0 Å². The first-order chi connectivity index (χ1) is 10.1. The van der Waals surface area contributed by atoms with Crippen molar-refractivity contribution in [1.29, 1.82) is 0 Å². The summed E-state index contributed by atoms with van der Waals surface area (Å²) in [5.41, 5.74) is 2.53. The van der Waals surface area contributed by atoms with Crippen molar-refractivity contribution in [1.82, 2.24) is 9.78 Å². The maximum Gasteiger partial charge on any atom is 0.243 e. The number of aromatic nitrogens is 2. The van der Waals surface area contributed by atoms with Crippen molar-refractivity contribution in [3.05, 3.63) is 60.0 Å². The smallest absolute Gasteiger partial charge is 0.243 e. The molecule has 0 aliphatic carbocycles. The van der Waals surface area contributed by atoms with Crippen LogP contribution in [0.2, 0.25) is 0 Å². The zero-order valence-corrected chi connectivity index (χ0v) is 12.4. The van der Waals surface area contributed by atoms with E-state index in [9.17, 15) is 5.11 Å². The molecule has 0 spiro atoms. The number of nitrogens with zero attached hydrogens (tertiary/aromatic N) is 4. The first-order valence-electron chi connectivity index (χ1n) is 6.69. The first-order valence-corrected chi connectivity index (χ1v) is 6.69. The van der Waals surface area contributed by atoms with Crippen LogP contribution in [0.15, 0.2) is 64.5 Å². The lowest BCUT2D eigenvalue weighted by molar-refractivity contribution is 0.434. The molecule has 1 aromatic heterocycles. The van der Waals surface area contributed by atoms with Crippen LogP contribution >= 0.6 is 0 Å². The quantitative estimate of drug-likeness (QED) is 0.665. The minimum Gasteiger partial charge on any atom is -0.492 e. The zero-order valence-electron chi connectivity index (χ0n) is 12.4. The molecule has 1 aromatic carbocycles. The Bertz CT molecular complexity index is 697. The number of azo groups is 1. The van der Waals surface area contributed by atoms with Gasteiger partial charge in [-0.25, -0.2) is 0 Å². The van der Waals surface area contributed by atoms with Crippen LogP contribution in [0.1, 0.15) is 19.5 Å². The molecule has 0 saturated carbocycles. The third-order valence-electron chi connectivity index (χ3n) is 2.84. The molecular weight excluding hydrogens is 264 g/mol. The summed E-state index contributed by atoms with van der Waals surface area (Å²) in [5.74, 6) is -0.0127. The second-order valence-electron chi connectivity index (χ2n) is 4.54. The van der Waals surface area contributed by atoms with Crippen LogP contribution in [0.25, 0.3) is 5.69 Å². The molecule has 0 bridgehead atoms. The van der Waals surface area contributed by atoms with Gasteiger partial charge >= 0.3 is 0 Å². The fourth-order valence-corrected chi connectivity index (χ4v) is 1.77. The van der Waals surface area contributed by atoms with Gasteiger partial charge in [-0.15, -0.1) is 5.11 Å². The van der Waals surface area contributed by atoms with E-state index < -0.39 is 0 Å². The zero-order chi connectivity index (χ0) is 15.2. The van der Waals surface area contributed by atoms with Crippen LogP contribution < -0.4 is 0 Å². The highest BCUT2D eigenvalue weighted by atomic mass is 16.3. The maximum atomic E-state index is 10.3. The van der Waals surface area contributed by atoms with E-state index in [-0.39, 0.29) is 5.88 Å². The Labute approximate surface area is 124 Å². The maximum absolute atomic E-state index is 10.3. The molecule has 21 heavy (non-hydrogen) atoms. The van der Waals surface area contributed by atoms with Crippen molar-refractivity contribution >= 4 is 5.69 Å². The SMILES string of the molecule is C/C=C\C=C(/C)N=Nc1c(C)nn(-c2ccccc2)c1O. The van der Waals surface area contributed by atoms with E-state index in [1.165, 1.54) is 4.68 Å². The number of allylic oxidation sites excluding steroid dienone is 4. The van der Waals surface area contributed by atoms with Crippen LogP contribution in [0.3, 0.4) is 0 Å². The number of hydrogen-bond donors (Lipinski definition) is 1. The normalized spacial score (nSPS) is 12.6. The number of para-hydroxylation sites is 1. The Kier molecular flexibility index (Phi) is 4.66. The average Bonchev–Trinajstić information content (AvgIpc) is 2.79. The van der Waals surface area contributed by atoms with Gasteiger partial charge in [-0.05, 0) is 39.0 Å². The summed E-state index contributed by atoms with van der Waals surface area (Å²) >= 11 is 0. The molecule has 5 nitrogen and oxygen atoms in total. The second-order valence-corrected chi connectivity index (χ2v) is 4.54. The van der Waals surface area contributed by atoms with Crippen molar-refractivity contribution in [2.75, 3.05) is 0 Å². The minimum absolute atomic E-state index is 0.0127. The van der Waals surface area contributed by atoms with E-state index in [2.05, 4.69) is 15.3 Å². The molecular formula is C16H18N4O. The number of aryl methyl sites for hydroxylation is 1. The molecule has 2 aromatic rings. The number of hydrogen-bond acceptors (Lipinski definition) is 4. The van der Waals surface area contributed by atoms with E-state index in [1.807, 2.05) is 62.4 Å². The largest absolute Gasteiger partial charge is 0.492 e. The van der Waals surface area contributed by atoms with Gasteiger partial charge in [0.1, 0.15) is 0 Å². The standard InChI is InChI=1S/C16H18N4O/c1-4-5-9-12(2)17-18-15-13(3)19-20(16(15)21)14-10-7-6-8-11-14/h4-11,21H,1-3H3/b5-4-,12-9+,18-17?. The molecule has 0 fully saturated rings. The number of aromatic hydroxyl groups is 1. The second kappa shape index (κ2) is 6.65. The Hall–Kier alpha value is -2.69. The van der Waals surface area contributed by atoms with Crippen LogP contribution in [-0.2, 0) is 0 Å². The molecule has 0 atom stereocenters. The summed E-state index contributed by atoms with van der Waals surface area (Å²) in [6, 6.07) is 9.41. The topological polar surface area (TPSA) is 62.8 Å². The van der Waals surface area contributed by atoms with Crippen LogP contribution in [0, 0.1) is 6.92 Å². The van der Waals surface area contributed by atoms with Crippen molar-refractivity contribution in [2.45, 2.75) is 20.8 Å². The van der Waals surface area contributed by atoms with Gasteiger partial charge in [-0.1, -0.05) is 30.4 Å². The van der Waals surface area contributed by atoms with Gasteiger partial charge in [0.25, 0.3) is 0 Å². The molecule has 0 saturated heterocycles. The average molecular weight is 282 g/mol. The summed E-state index contributed by atoms with van der Waals surface area (Å²) in [6.07, 6.45) is 5.64. The Morgan fingerprint density at radius 1 is 1.29 bits per heavy atom. The molecule has 2 rings (SSSR count). The first kappa shape index (κ1) is 14.7. The molecule has 1 N–H and O–H groups in total.